The lowest BCUT2D eigenvalue weighted by molar-refractivity contribution is -0.143. The van der Waals surface area contributed by atoms with Crippen molar-refractivity contribution >= 4 is 91.5 Å². The minimum Gasteiger partial charge on any atom is -0.489 e. The van der Waals surface area contributed by atoms with Crippen molar-refractivity contribution < 1.29 is 62.3 Å². The van der Waals surface area contributed by atoms with Gasteiger partial charge in [0.1, 0.15) is 41.7 Å². The Hall–Kier alpha value is -7.07. The fourth-order valence-corrected chi connectivity index (χ4v) is 7.43. The summed E-state index contributed by atoms with van der Waals surface area (Å²) in [6, 6.07) is 23.0. The van der Waals surface area contributed by atoms with Gasteiger partial charge >= 0.3 is 30.1 Å². The zero-order valence-corrected chi connectivity index (χ0v) is 40.4. The normalized spacial score (nSPS) is 11.2. The number of carbonyl (C=O) groups excluding carboxylic acids is 5. The molecule has 0 aliphatic carbocycles. The number of ether oxygens (including phenoxy) is 6. The third-order valence-electron chi connectivity index (χ3n) is 8.60. The van der Waals surface area contributed by atoms with E-state index in [9.17, 15) is 28.8 Å². The third kappa shape index (κ3) is 17.6. The lowest BCUT2D eigenvalue weighted by Crippen LogP contribution is -2.49. The number of thiophene rings is 2. The summed E-state index contributed by atoms with van der Waals surface area (Å²) in [5.41, 5.74) is 8.29. The monoisotopic (exact) mass is 996 g/mol. The largest absolute Gasteiger partial charge is 0.489 e. The van der Waals surface area contributed by atoms with Gasteiger partial charge in [0.25, 0.3) is 5.91 Å². The number of amides is 3. The molecule has 4 aromatic heterocycles. The highest BCUT2D eigenvalue weighted by atomic mass is 35.5. The molecule has 4 heterocycles. The van der Waals surface area contributed by atoms with Crippen LogP contribution in [0.5, 0.6) is 11.5 Å². The van der Waals surface area contributed by atoms with Gasteiger partial charge in [-0.05, 0) is 63.1 Å². The summed E-state index contributed by atoms with van der Waals surface area (Å²) in [7, 11) is 2.42. The Balaban J connectivity index is 0.000000295. The van der Waals surface area contributed by atoms with E-state index in [1.54, 1.807) is 36.7 Å². The lowest BCUT2D eigenvalue weighted by Gasteiger charge is -2.17. The molecule has 0 saturated carbocycles. The summed E-state index contributed by atoms with van der Waals surface area (Å²) in [6.45, 7) is 7.64. The van der Waals surface area contributed by atoms with Crippen molar-refractivity contribution in [1.29, 1.82) is 0 Å². The molecule has 6 rings (SSSR count). The quantitative estimate of drug-likeness (QED) is 0.0460. The van der Waals surface area contributed by atoms with Gasteiger partial charge in [0.05, 0.1) is 51.7 Å². The van der Waals surface area contributed by atoms with Gasteiger partial charge < -0.3 is 55.2 Å². The summed E-state index contributed by atoms with van der Waals surface area (Å²) in [5, 5.41) is 16.3. The number of fused-ring (bicyclic) bond motifs is 2. The number of methoxy groups -OCH3 is 2. The summed E-state index contributed by atoms with van der Waals surface area (Å²) in [5.74, 6) is -1.32. The first-order valence-electron chi connectivity index (χ1n) is 20.5. The van der Waals surface area contributed by atoms with Gasteiger partial charge in [-0.15, -0.1) is 35.1 Å². The predicted octanol–water partition coefficient (Wildman–Crippen LogP) is 6.90. The van der Waals surface area contributed by atoms with Crippen molar-refractivity contribution in [2.75, 3.05) is 27.3 Å². The number of carboxylic acid groups (broad SMARTS) is 1. The Morgan fingerprint density at radius 3 is 1.50 bits per heavy atom. The number of alkyl carbamates (subject to hydrolysis) is 2. The van der Waals surface area contributed by atoms with Crippen molar-refractivity contribution in [2.45, 2.75) is 65.2 Å². The van der Waals surface area contributed by atoms with E-state index in [0.29, 0.717) is 27.4 Å². The zero-order chi connectivity index (χ0) is 48.9. The van der Waals surface area contributed by atoms with Crippen LogP contribution < -0.4 is 31.2 Å². The van der Waals surface area contributed by atoms with Crippen LogP contribution in [0.15, 0.2) is 97.3 Å². The molecule has 0 aliphatic rings. The van der Waals surface area contributed by atoms with E-state index in [4.69, 9.17) is 34.5 Å². The Morgan fingerprint density at radius 1 is 0.647 bits per heavy atom. The minimum absolute atomic E-state index is 0. The van der Waals surface area contributed by atoms with Crippen LogP contribution in [0.3, 0.4) is 0 Å². The average molecular weight is 998 g/mol. The summed E-state index contributed by atoms with van der Waals surface area (Å²) in [4.78, 5) is 79.4. The number of rotatable bonds is 17. The molecule has 0 unspecified atom stereocenters. The number of nitrogens with one attached hydrogen (secondary N) is 3. The van der Waals surface area contributed by atoms with Crippen molar-refractivity contribution in [1.82, 2.24) is 25.9 Å². The number of nitrogens with zero attached hydrogens (tertiary/aromatic N) is 2. The van der Waals surface area contributed by atoms with E-state index in [-0.39, 0.29) is 55.8 Å². The van der Waals surface area contributed by atoms with Crippen LogP contribution in [-0.2, 0) is 41.8 Å². The molecule has 6 N–H and O–H groups in total. The molecule has 3 amide bonds. The van der Waals surface area contributed by atoms with Crippen LogP contribution in [0.25, 0.3) is 20.4 Å². The molecule has 0 aliphatic heterocycles. The number of pyridine rings is 2. The predicted molar refractivity (Wildman–Crippen MR) is 257 cm³/mol. The Morgan fingerprint density at radius 2 is 1.07 bits per heavy atom. The molecule has 22 heteroatoms. The van der Waals surface area contributed by atoms with Crippen LogP contribution in [0, 0.1) is 0 Å². The molecule has 19 nitrogen and oxygen atoms in total. The number of hydrogen-bond acceptors (Lipinski definition) is 17. The van der Waals surface area contributed by atoms with Crippen molar-refractivity contribution in [3.05, 3.63) is 118 Å². The van der Waals surface area contributed by atoms with Gasteiger partial charge in [0.2, 0.25) is 0 Å². The Bertz CT molecular complexity index is 2580. The number of hydrogen-bond donors (Lipinski definition) is 5. The van der Waals surface area contributed by atoms with E-state index in [2.05, 4.69) is 30.7 Å². The average Bonchev–Trinajstić information content (AvgIpc) is 3.98. The smallest absolute Gasteiger partial charge is 0.408 e. The number of esters is 2. The fourth-order valence-electron chi connectivity index (χ4n) is 5.53. The van der Waals surface area contributed by atoms with Crippen molar-refractivity contribution in [3.8, 4) is 11.5 Å². The molecule has 0 radical (unpaired) electrons. The number of carbonyl (C=O) groups is 6. The summed E-state index contributed by atoms with van der Waals surface area (Å²) in [6.07, 6.45) is 1.76. The lowest BCUT2D eigenvalue weighted by atomic mass is 10.2. The molecule has 2 aromatic carbocycles. The first kappa shape index (κ1) is 55.3. The summed E-state index contributed by atoms with van der Waals surface area (Å²) < 4.78 is 32.2. The van der Waals surface area contributed by atoms with E-state index < -0.39 is 48.1 Å². The van der Waals surface area contributed by atoms with Crippen LogP contribution in [-0.4, -0.2) is 103 Å². The molecule has 0 fully saturated rings. The number of nitrogens with two attached hydrogens (primary N) is 1. The van der Waals surface area contributed by atoms with Gasteiger partial charge in [0, 0.05) is 25.5 Å². The fraction of sp³-hybridized carbons (Fsp3) is 0.304. The zero-order valence-electron chi connectivity index (χ0n) is 37.9. The number of benzene rings is 2. The first-order chi connectivity index (χ1) is 32.1. The topological polar surface area (TPSA) is 266 Å². The Kier molecular flexibility index (Phi) is 22.9. The van der Waals surface area contributed by atoms with E-state index in [1.807, 2.05) is 88.4 Å². The number of halogens is 1. The van der Waals surface area contributed by atoms with Crippen LogP contribution in [0.4, 0.5) is 9.59 Å². The van der Waals surface area contributed by atoms with Crippen LogP contribution in [0.1, 0.15) is 58.2 Å². The maximum Gasteiger partial charge on any atom is 0.408 e. The van der Waals surface area contributed by atoms with Gasteiger partial charge in [0.15, 0.2) is 0 Å². The molecule has 2 atom stereocenters. The maximum absolute atomic E-state index is 12.7. The minimum atomic E-state index is -1.12. The highest BCUT2D eigenvalue weighted by Gasteiger charge is 2.25. The molecular weight excluding hydrogens is 944 g/mol. The SMILES string of the molecule is CC(C)Oc1ccnc2cc(C(=O)O)sc12.COC(=O)[C@@H](CN)NC(=O)OCc1ccccc1.COC(=O)[C@@H](CNC(=O)c1cc2nccc(OC(C)C)c2s1)NC(=O)OCc1ccccc1.Cl. The number of aromatic carboxylic acids is 1. The molecule has 0 saturated heterocycles. The standard InChI is InChI=1S/C23H25N3O6S.C12H16N2O4.C11H11NO3S.ClH/c1-14(2)32-18-9-10-24-16-11-19(33-20(16)18)21(27)25-12-17(22(28)30-3)26-23(29)31-13-15-7-5-4-6-8-15;1-17-11(15)10(7-13)14-12(16)18-8-9-5-3-2-4-6-9;1-6(2)15-8-3-4-12-7-5-9(11(13)14)16-10(7)8;/h4-11,14,17H,12-13H2,1-3H3,(H,25,27)(H,26,29);2-6,10H,7-8,13H2,1H3,(H,14,16);3-6H,1-2H3,(H,13,14);1H/t17-;10-;;/m11../s1. The highest BCUT2D eigenvalue weighted by Crippen LogP contribution is 2.34. The van der Waals surface area contributed by atoms with E-state index in [0.717, 1.165) is 20.5 Å². The number of carboxylic acids is 1. The second kappa shape index (κ2) is 28.2. The molecule has 0 spiro atoms. The van der Waals surface area contributed by atoms with Crippen molar-refractivity contribution in [2.24, 2.45) is 5.73 Å². The molecular formula is C46H53ClN6O13S2. The third-order valence-corrected chi connectivity index (χ3v) is 10.9. The second-order valence-corrected chi connectivity index (χ2v) is 16.5. The summed E-state index contributed by atoms with van der Waals surface area (Å²) >= 11 is 2.42. The molecule has 68 heavy (non-hydrogen) atoms. The molecule has 6 aromatic rings. The van der Waals surface area contributed by atoms with Gasteiger partial charge in [-0.3, -0.25) is 14.8 Å². The van der Waals surface area contributed by atoms with E-state index >= 15 is 0 Å². The maximum atomic E-state index is 12.7. The molecule has 364 valence electrons. The van der Waals surface area contributed by atoms with Crippen LogP contribution in [0.2, 0.25) is 0 Å². The van der Waals surface area contributed by atoms with Crippen LogP contribution >= 0.6 is 35.1 Å². The second-order valence-electron chi connectivity index (χ2n) is 14.4. The highest BCUT2D eigenvalue weighted by molar-refractivity contribution is 7.21. The van der Waals surface area contributed by atoms with Gasteiger partial charge in [-0.2, -0.15) is 0 Å². The van der Waals surface area contributed by atoms with Crippen molar-refractivity contribution in [3.63, 3.8) is 0 Å². The first-order valence-corrected chi connectivity index (χ1v) is 22.2. The van der Waals surface area contributed by atoms with E-state index in [1.165, 1.54) is 36.9 Å². The van der Waals surface area contributed by atoms with Gasteiger partial charge in [-0.25, -0.2) is 24.0 Å². The Labute approximate surface area is 406 Å². The van der Waals surface area contributed by atoms with Gasteiger partial charge in [-0.1, -0.05) is 60.7 Å². The number of aromatic nitrogens is 2. The molecule has 0 bridgehead atoms.